The standard InChI is InChI=1S/C16H17NO2.C12H11N3O/c17-15(18)16(7-9-19-10-8-16)14-6-5-12-3-1-2-4-13(12)11-14;13-10-5-1-2-6-11(10)15-12(16)9-4-3-7-14-8-9/h1-6,11H,7-10H2,(H2,17,18);1-8H,13H2,(H,15,16). The van der Waals surface area contributed by atoms with E-state index in [9.17, 15) is 9.59 Å². The highest BCUT2D eigenvalue weighted by molar-refractivity contribution is 6.05. The number of hydrogen-bond acceptors (Lipinski definition) is 5. The Morgan fingerprint density at radius 2 is 1.60 bits per heavy atom. The molecule has 0 bridgehead atoms. The lowest BCUT2D eigenvalue weighted by molar-refractivity contribution is -0.127. The number of pyridine rings is 1. The second-order valence-electron chi connectivity index (χ2n) is 8.40. The fourth-order valence-corrected chi connectivity index (χ4v) is 4.19. The summed E-state index contributed by atoms with van der Waals surface area (Å²) in [5, 5.41) is 5.05. The summed E-state index contributed by atoms with van der Waals surface area (Å²) in [6, 6.07) is 24.9. The van der Waals surface area contributed by atoms with Crippen LogP contribution in [0, 0.1) is 0 Å². The molecular weight excluding hydrogens is 440 g/mol. The van der Waals surface area contributed by atoms with Crippen LogP contribution in [-0.2, 0) is 14.9 Å². The van der Waals surface area contributed by atoms with Crippen LogP contribution in [-0.4, -0.2) is 30.0 Å². The molecule has 3 aromatic carbocycles. The van der Waals surface area contributed by atoms with Gasteiger partial charge in [0.25, 0.3) is 5.91 Å². The van der Waals surface area contributed by atoms with Crippen molar-refractivity contribution in [3.63, 3.8) is 0 Å². The molecule has 7 nitrogen and oxygen atoms in total. The highest BCUT2D eigenvalue weighted by atomic mass is 16.5. The molecule has 0 atom stereocenters. The third kappa shape index (κ3) is 5.47. The van der Waals surface area contributed by atoms with Gasteiger partial charge in [-0.2, -0.15) is 0 Å². The van der Waals surface area contributed by atoms with Crippen LogP contribution in [0.5, 0.6) is 0 Å². The summed E-state index contributed by atoms with van der Waals surface area (Å²) in [6.45, 7) is 1.19. The molecule has 0 radical (unpaired) electrons. The SMILES string of the molecule is NC(=O)C1(c2ccc3ccccc3c2)CCOCC1.Nc1ccccc1NC(=O)c1cccnc1. The number of aromatic nitrogens is 1. The Bertz CT molecular complexity index is 1320. The summed E-state index contributed by atoms with van der Waals surface area (Å²) >= 11 is 0. The zero-order valence-electron chi connectivity index (χ0n) is 19.3. The van der Waals surface area contributed by atoms with Crippen LogP contribution >= 0.6 is 0 Å². The number of carbonyl (C=O) groups excluding carboxylic acids is 2. The lowest BCUT2D eigenvalue weighted by atomic mass is 9.73. The maximum atomic E-state index is 12.0. The molecule has 5 rings (SSSR count). The monoisotopic (exact) mass is 468 g/mol. The van der Waals surface area contributed by atoms with Crippen LogP contribution in [0.1, 0.15) is 28.8 Å². The number of hydrogen-bond donors (Lipinski definition) is 3. The Labute approximate surface area is 204 Å². The fraction of sp³-hybridized carbons (Fsp3) is 0.179. The van der Waals surface area contributed by atoms with Crippen molar-refractivity contribution in [3.8, 4) is 0 Å². The Kier molecular flexibility index (Phi) is 7.38. The van der Waals surface area contributed by atoms with E-state index in [1.54, 1.807) is 30.5 Å². The molecular formula is C28H28N4O3. The summed E-state index contributed by atoms with van der Waals surface area (Å²) < 4.78 is 5.38. The zero-order chi connectivity index (χ0) is 24.7. The van der Waals surface area contributed by atoms with Crippen LogP contribution in [0.25, 0.3) is 10.8 Å². The zero-order valence-corrected chi connectivity index (χ0v) is 19.3. The summed E-state index contributed by atoms with van der Waals surface area (Å²) in [4.78, 5) is 27.6. The van der Waals surface area contributed by atoms with Crippen molar-refractivity contribution in [2.24, 2.45) is 5.73 Å². The molecule has 4 aromatic rings. The number of nitrogen functional groups attached to an aromatic ring is 1. The lowest BCUT2D eigenvalue weighted by Gasteiger charge is -2.34. The van der Waals surface area contributed by atoms with Gasteiger partial charge in [0.15, 0.2) is 0 Å². The van der Waals surface area contributed by atoms with Gasteiger partial charge in [-0.25, -0.2) is 0 Å². The van der Waals surface area contributed by atoms with Crippen LogP contribution in [0.3, 0.4) is 0 Å². The van der Waals surface area contributed by atoms with Crippen molar-refractivity contribution >= 4 is 34.0 Å². The number of amides is 2. The molecule has 2 amide bonds. The highest BCUT2D eigenvalue weighted by Crippen LogP contribution is 2.36. The number of primary amides is 1. The van der Waals surface area contributed by atoms with E-state index in [4.69, 9.17) is 16.2 Å². The Morgan fingerprint density at radius 3 is 2.29 bits per heavy atom. The summed E-state index contributed by atoms with van der Waals surface area (Å²) in [5.74, 6) is -0.461. The third-order valence-electron chi connectivity index (χ3n) is 6.25. The summed E-state index contributed by atoms with van der Waals surface area (Å²) in [6.07, 6.45) is 4.46. The number of carbonyl (C=O) groups is 2. The third-order valence-corrected chi connectivity index (χ3v) is 6.25. The number of nitrogens with two attached hydrogens (primary N) is 2. The van der Waals surface area contributed by atoms with Crippen LogP contribution in [0.4, 0.5) is 11.4 Å². The number of anilines is 2. The van der Waals surface area contributed by atoms with Crippen molar-refractivity contribution in [1.82, 2.24) is 4.98 Å². The van der Waals surface area contributed by atoms with Crippen LogP contribution < -0.4 is 16.8 Å². The Morgan fingerprint density at radius 1 is 0.886 bits per heavy atom. The van der Waals surface area contributed by atoms with E-state index in [1.165, 1.54) is 11.6 Å². The minimum absolute atomic E-state index is 0.217. The molecule has 0 saturated carbocycles. The Hall–Kier alpha value is -4.23. The maximum absolute atomic E-state index is 12.0. The van der Waals surface area contributed by atoms with E-state index >= 15 is 0 Å². The summed E-state index contributed by atoms with van der Waals surface area (Å²) in [5.41, 5.74) is 13.5. The number of ether oxygens (including phenoxy) is 1. The molecule has 35 heavy (non-hydrogen) atoms. The van der Waals surface area contributed by atoms with Gasteiger partial charge in [0, 0.05) is 25.6 Å². The average molecular weight is 469 g/mol. The van der Waals surface area contributed by atoms with E-state index in [1.807, 2.05) is 30.3 Å². The van der Waals surface area contributed by atoms with Gasteiger partial charge < -0.3 is 21.5 Å². The van der Waals surface area contributed by atoms with E-state index in [2.05, 4.69) is 34.6 Å². The predicted molar refractivity (Wildman–Crippen MR) is 138 cm³/mol. The van der Waals surface area contributed by atoms with Gasteiger partial charge in [0.05, 0.1) is 22.4 Å². The molecule has 0 unspecified atom stereocenters. The second-order valence-corrected chi connectivity index (χ2v) is 8.40. The number of rotatable bonds is 4. The van der Waals surface area contributed by atoms with Gasteiger partial charge in [-0.1, -0.05) is 54.6 Å². The number of fused-ring (bicyclic) bond motifs is 1. The van der Waals surface area contributed by atoms with Crippen LogP contribution in [0.2, 0.25) is 0 Å². The first-order valence-electron chi connectivity index (χ1n) is 11.4. The topological polar surface area (TPSA) is 120 Å². The molecule has 1 fully saturated rings. The van der Waals surface area contributed by atoms with Gasteiger partial charge in [-0.15, -0.1) is 0 Å². The molecule has 1 aliphatic rings. The first-order valence-corrected chi connectivity index (χ1v) is 11.4. The van der Waals surface area contributed by atoms with E-state index in [-0.39, 0.29) is 11.8 Å². The molecule has 178 valence electrons. The van der Waals surface area contributed by atoms with Gasteiger partial charge in [-0.05, 0) is 53.4 Å². The largest absolute Gasteiger partial charge is 0.397 e. The predicted octanol–water partition coefficient (Wildman–Crippen LogP) is 4.29. The first-order chi connectivity index (χ1) is 17.0. The molecule has 0 spiro atoms. The van der Waals surface area contributed by atoms with Crippen molar-refractivity contribution in [2.45, 2.75) is 18.3 Å². The van der Waals surface area contributed by atoms with Crippen molar-refractivity contribution in [1.29, 1.82) is 0 Å². The smallest absolute Gasteiger partial charge is 0.257 e. The molecule has 5 N–H and O–H groups in total. The van der Waals surface area contributed by atoms with Gasteiger partial charge >= 0.3 is 0 Å². The number of nitrogens with zero attached hydrogens (tertiary/aromatic N) is 1. The Balaban J connectivity index is 0.000000168. The van der Waals surface area contributed by atoms with Gasteiger partial charge in [0.1, 0.15) is 0 Å². The molecule has 0 aliphatic carbocycles. The molecule has 2 heterocycles. The molecule has 1 aromatic heterocycles. The van der Waals surface area contributed by atoms with Gasteiger partial charge in [-0.3, -0.25) is 14.6 Å². The van der Waals surface area contributed by atoms with Crippen molar-refractivity contribution in [2.75, 3.05) is 24.3 Å². The number of para-hydroxylation sites is 2. The quantitative estimate of drug-likeness (QED) is 0.386. The fourth-order valence-electron chi connectivity index (χ4n) is 4.19. The molecule has 1 saturated heterocycles. The van der Waals surface area contributed by atoms with Crippen LogP contribution in [0.15, 0.2) is 91.3 Å². The lowest BCUT2D eigenvalue weighted by Crippen LogP contribution is -2.45. The normalized spacial score (nSPS) is 14.4. The highest BCUT2D eigenvalue weighted by Gasteiger charge is 2.40. The maximum Gasteiger partial charge on any atom is 0.257 e. The second kappa shape index (κ2) is 10.8. The van der Waals surface area contributed by atoms with E-state index in [0.717, 1.165) is 10.9 Å². The van der Waals surface area contributed by atoms with Crippen molar-refractivity contribution in [3.05, 3.63) is 102 Å². The van der Waals surface area contributed by atoms with Crippen molar-refractivity contribution < 1.29 is 14.3 Å². The van der Waals surface area contributed by atoms with Gasteiger partial charge in [0.2, 0.25) is 5.91 Å². The minimum atomic E-state index is -0.567. The molecule has 1 aliphatic heterocycles. The van der Waals surface area contributed by atoms with E-state index < -0.39 is 5.41 Å². The number of benzene rings is 3. The summed E-state index contributed by atoms with van der Waals surface area (Å²) in [7, 11) is 0. The molecule has 7 heteroatoms. The number of nitrogens with one attached hydrogen (secondary N) is 1. The minimum Gasteiger partial charge on any atom is -0.397 e. The van der Waals surface area contributed by atoms with E-state index in [0.29, 0.717) is 43.0 Å². The first kappa shape index (κ1) is 23.9. The average Bonchev–Trinajstić information content (AvgIpc) is 2.91.